The van der Waals surface area contributed by atoms with Crippen LogP contribution in [0.1, 0.15) is 18.9 Å². The first kappa shape index (κ1) is 10.6. The minimum atomic E-state index is 0.299. The summed E-state index contributed by atoms with van der Waals surface area (Å²) in [5.41, 5.74) is 1.65. The number of aromatic nitrogens is 1. The van der Waals surface area contributed by atoms with Gasteiger partial charge in [0.25, 0.3) is 0 Å². The molecular weight excluding hydrogens is 186 g/mol. The van der Waals surface area contributed by atoms with Gasteiger partial charge in [-0.3, -0.25) is 9.88 Å². The van der Waals surface area contributed by atoms with Gasteiger partial charge in [0, 0.05) is 37.6 Å². The van der Waals surface area contributed by atoms with E-state index in [1.807, 2.05) is 12.4 Å². The van der Waals surface area contributed by atoms with Crippen molar-refractivity contribution >= 4 is 0 Å². The molecule has 1 saturated heterocycles. The fourth-order valence-corrected chi connectivity index (χ4v) is 2.14. The molecule has 0 aliphatic carbocycles. The van der Waals surface area contributed by atoms with Gasteiger partial charge in [-0.25, -0.2) is 0 Å². The lowest BCUT2D eigenvalue weighted by molar-refractivity contribution is 0.294. The van der Waals surface area contributed by atoms with E-state index in [1.54, 1.807) is 0 Å². The molecule has 1 atom stereocenters. The predicted molar refractivity (Wildman–Crippen MR) is 61.6 cm³/mol. The van der Waals surface area contributed by atoms with Crippen molar-refractivity contribution in [2.24, 2.45) is 0 Å². The third-order valence-corrected chi connectivity index (χ3v) is 3.31. The van der Waals surface area contributed by atoms with Crippen LogP contribution in [-0.2, 0) is 6.54 Å². The van der Waals surface area contributed by atoms with E-state index in [1.165, 1.54) is 18.5 Å². The Balaban J connectivity index is 1.93. The molecule has 0 aromatic carbocycles. The number of likely N-dealkylation sites (tertiary alicyclic amines) is 1. The summed E-state index contributed by atoms with van der Waals surface area (Å²) in [7, 11) is 2.05. The van der Waals surface area contributed by atoms with Gasteiger partial charge in [-0.05, 0) is 38.1 Å². The minimum absolute atomic E-state index is 0.299. The van der Waals surface area contributed by atoms with Crippen molar-refractivity contribution in [3.05, 3.63) is 30.1 Å². The molecule has 0 spiro atoms. The Morgan fingerprint density at radius 3 is 2.80 bits per heavy atom. The smallest absolute Gasteiger partial charge is 0.0289 e. The van der Waals surface area contributed by atoms with Gasteiger partial charge in [-0.1, -0.05) is 0 Å². The van der Waals surface area contributed by atoms with Crippen LogP contribution in [0.2, 0.25) is 0 Å². The molecule has 0 radical (unpaired) electrons. The molecule has 15 heavy (non-hydrogen) atoms. The molecule has 2 rings (SSSR count). The zero-order valence-electron chi connectivity index (χ0n) is 9.53. The van der Waals surface area contributed by atoms with E-state index >= 15 is 0 Å². The van der Waals surface area contributed by atoms with Gasteiger partial charge in [-0.15, -0.1) is 0 Å². The van der Waals surface area contributed by atoms with Crippen LogP contribution in [-0.4, -0.2) is 35.6 Å². The van der Waals surface area contributed by atoms with Crippen LogP contribution in [0.15, 0.2) is 24.5 Å². The summed E-state index contributed by atoms with van der Waals surface area (Å²) in [4.78, 5) is 6.53. The van der Waals surface area contributed by atoms with Gasteiger partial charge in [0.15, 0.2) is 0 Å². The Labute approximate surface area is 91.5 Å². The molecule has 1 aliphatic heterocycles. The van der Waals surface area contributed by atoms with E-state index < -0.39 is 0 Å². The van der Waals surface area contributed by atoms with Crippen LogP contribution >= 0.6 is 0 Å². The summed E-state index contributed by atoms with van der Waals surface area (Å²) >= 11 is 0. The highest BCUT2D eigenvalue weighted by molar-refractivity contribution is 5.10. The summed E-state index contributed by atoms with van der Waals surface area (Å²) in [6.07, 6.45) is 4.96. The average Bonchev–Trinajstić information content (AvgIpc) is 2.63. The molecule has 1 fully saturated rings. The van der Waals surface area contributed by atoms with Crippen molar-refractivity contribution in [1.29, 1.82) is 0 Å². The lowest BCUT2D eigenvalue weighted by Gasteiger charge is -2.24. The van der Waals surface area contributed by atoms with Crippen LogP contribution in [0.5, 0.6) is 0 Å². The number of pyridine rings is 1. The lowest BCUT2D eigenvalue weighted by Crippen LogP contribution is -2.42. The summed E-state index contributed by atoms with van der Waals surface area (Å²) in [6.45, 7) is 5.64. The number of hydrogen-bond acceptors (Lipinski definition) is 3. The normalized spacial score (nSPS) is 27.1. The maximum Gasteiger partial charge on any atom is 0.0289 e. The molecule has 1 N–H and O–H groups in total. The maximum absolute atomic E-state index is 4.03. The molecule has 0 amide bonds. The summed E-state index contributed by atoms with van der Waals surface area (Å²) in [6, 6.07) is 4.18. The van der Waals surface area contributed by atoms with Crippen LogP contribution in [0.25, 0.3) is 0 Å². The van der Waals surface area contributed by atoms with E-state index in [2.05, 4.69) is 41.3 Å². The summed E-state index contributed by atoms with van der Waals surface area (Å²) in [5, 5.41) is 3.40. The molecule has 3 heteroatoms. The topological polar surface area (TPSA) is 28.2 Å². The Morgan fingerprint density at radius 2 is 2.20 bits per heavy atom. The van der Waals surface area contributed by atoms with Crippen molar-refractivity contribution in [1.82, 2.24) is 15.2 Å². The highest BCUT2D eigenvalue weighted by atomic mass is 15.2. The fourth-order valence-electron chi connectivity index (χ4n) is 2.14. The Bertz CT molecular complexity index is 312. The second-order valence-electron chi connectivity index (χ2n) is 4.63. The molecule has 0 bridgehead atoms. The average molecular weight is 205 g/mol. The van der Waals surface area contributed by atoms with Crippen molar-refractivity contribution in [3.8, 4) is 0 Å². The summed E-state index contributed by atoms with van der Waals surface area (Å²) in [5.74, 6) is 0. The van der Waals surface area contributed by atoms with Gasteiger partial charge in [0.2, 0.25) is 0 Å². The first-order chi connectivity index (χ1) is 7.22. The van der Waals surface area contributed by atoms with E-state index in [9.17, 15) is 0 Å². The Hall–Kier alpha value is -0.930. The van der Waals surface area contributed by atoms with Crippen LogP contribution in [0.3, 0.4) is 0 Å². The molecular formula is C12H19N3. The van der Waals surface area contributed by atoms with Crippen molar-refractivity contribution in [2.75, 3.05) is 20.1 Å². The fraction of sp³-hybridized carbons (Fsp3) is 0.583. The van der Waals surface area contributed by atoms with E-state index in [4.69, 9.17) is 0 Å². The third kappa shape index (κ3) is 2.55. The number of rotatable bonds is 3. The van der Waals surface area contributed by atoms with E-state index in [-0.39, 0.29) is 0 Å². The highest BCUT2D eigenvalue weighted by Gasteiger charge is 2.31. The molecule has 1 aromatic rings. The third-order valence-electron chi connectivity index (χ3n) is 3.31. The number of hydrogen-bond donors (Lipinski definition) is 1. The zero-order chi connectivity index (χ0) is 10.7. The van der Waals surface area contributed by atoms with E-state index in [0.29, 0.717) is 5.54 Å². The summed E-state index contributed by atoms with van der Waals surface area (Å²) < 4.78 is 0. The van der Waals surface area contributed by atoms with Crippen LogP contribution in [0.4, 0.5) is 0 Å². The van der Waals surface area contributed by atoms with Crippen LogP contribution < -0.4 is 5.32 Å². The molecule has 0 saturated carbocycles. The van der Waals surface area contributed by atoms with Gasteiger partial charge in [0.1, 0.15) is 0 Å². The van der Waals surface area contributed by atoms with Crippen molar-refractivity contribution in [3.63, 3.8) is 0 Å². The molecule has 82 valence electrons. The standard InChI is InChI=1S/C12H19N3/c1-12(13-2)5-8-15(10-12)9-11-3-6-14-7-4-11/h3-4,6-7,13H,5,8-10H2,1-2H3. The monoisotopic (exact) mass is 205 g/mol. The molecule has 3 nitrogen and oxygen atoms in total. The van der Waals surface area contributed by atoms with Gasteiger partial charge >= 0.3 is 0 Å². The number of nitrogens with zero attached hydrogens (tertiary/aromatic N) is 2. The van der Waals surface area contributed by atoms with Crippen molar-refractivity contribution in [2.45, 2.75) is 25.4 Å². The second kappa shape index (κ2) is 4.29. The first-order valence-electron chi connectivity index (χ1n) is 5.52. The molecule has 1 unspecified atom stereocenters. The second-order valence-corrected chi connectivity index (χ2v) is 4.63. The SMILES string of the molecule is CNC1(C)CCN(Cc2ccncc2)C1. The first-order valence-corrected chi connectivity index (χ1v) is 5.52. The maximum atomic E-state index is 4.03. The Morgan fingerprint density at radius 1 is 1.47 bits per heavy atom. The zero-order valence-corrected chi connectivity index (χ0v) is 9.53. The molecule has 1 aromatic heterocycles. The highest BCUT2D eigenvalue weighted by Crippen LogP contribution is 2.21. The quantitative estimate of drug-likeness (QED) is 0.805. The molecule has 2 heterocycles. The minimum Gasteiger partial charge on any atom is -0.313 e. The largest absolute Gasteiger partial charge is 0.313 e. The number of nitrogens with one attached hydrogen (secondary N) is 1. The van der Waals surface area contributed by atoms with Gasteiger partial charge < -0.3 is 5.32 Å². The van der Waals surface area contributed by atoms with Crippen LogP contribution in [0, 0.1) is 0 Å². The lowest BCUT2D eigenvalue weighted by atomic mass is 10.0. The molecule has 1 aliphatic rings. The number of likely N-dealkylation sites (N-methyl/N-ethyl adjacent to an activating group) is 1. The van der Waals surface area contributed by atoms with Gasteiger partial charge in [-0.2, -0.15) is 0 Å². The van der Waals surface area contributed by atoms with Crippen molar-refractivity contribution < 1.29 is 0 Å². The predicted octanol–water partition coefficient (Wildman–Crippen LogP) is 1.27. The van der Waals surface area contributed by atoms with E-state index in [0.717, 1.165) is 13.1 Å². The Kier molecular flexibility index (Phi) is 3.03. The van der Waals surface area contributed by atoms with Gasteiger partial charge in [0.05, 0.1) is 0 Å².